The highest BCUT2D eigenvalue weighted by molar-refractivity contribution is 6.35. The van der Waals surface area contributed by atoms with E-state index in [0.717, 1.165) is 43.3 Å². The lowest BCUT2D eigenvalue weighted by Gasteiger charge is -2.38. The fourth-order valence-electron chi connectivity index (χ4n) is 4.64. The van der Waals surface area contributed by atoms with E-state index in [1.807, 2.05) is 24.3 Å². The number of fused-ring (bicyclic) bond motifs is 1. The van der Waals surface area contributed by atoms with Crippen LogP contribution in [0.4, 0.5) is 5.69 Å². The van der Waals surface area contributed by atoms with E-state index in [1.54, 1.807) is 23.0 Å². The van der Waals surface area contributed by atoms with E-state index in [-0.39, 0.29) is 5.56 Å². The van der Waals surface area contributed by atoms with Crippen molar-refractivity contribution >= 4 is 45.8 Å². The summed E-state index contributed by atoms with van der Waals surface area (Å²) < 4.78 is 1.63. The minimum absolute atomic E-state index is 0.0720. The van der Waals surface area contributed by atoms with Crippen LogP contribution in [0.2, 0.25) is 10.0 Å². The molecule has 3 aromatic rings. The number of guanidine groups is 1. The van der Waals surface area contributed by atoms with Gasteiger partial charge >= 0.3 is 0 Å². The van der Waals surface area contributed by atoms with Crippen LogP contribution in [-0.4, -0.2) is 52.1 Å². The van der Waals surface area contributed by atoms with Crippen LogP contribution in [0.1, 0.15) is 39.7 Å². The van der Waals surface area contributed by atoms with Crippen LogP contribution in [0.3, 0.4) is 0 Å². The zero-order valence-electron chi connectivity index (χ0n) is 22.0. The molecule has 1 aliphatic heterocycles. The van der Waals surface area contributed by atoms with Gasteiger partial charge in [0.15, 0.2) is 5.96 Å². The van der Waals surface area contributed by atoms with Gasteiger partial charge < -0.3 is 15.5 Å². The molecule has 0 bridgehead atoms. The Kier molecular flexibility index (Phi) is 9.11. The van der Waals surface area contributed by atoms with Crippen LogP contribution < -0.4 is 16.2 Å². The van der Waals surface area contributed by atoms with Gasteiger partial charge in [0.05, 0.1) is 17.2 Å². The molecule has 1 aliphatic rings. The molecular formula is C28H36Cl2N6O. The van der Waals surface area contributed by atoms with Crippen LogP contribution >= 0.6 is 23.2 Å². The summed E-state index contributed by atoms with van der Waals surface area (Å²) in [6.07, 6.45) is 3.25. The van der Waals surface area contributed by atoms with Crippen molar-refractivity contribution in [3.63, 3.8) is 0 Å². The van der Waals surface area contributed by atoms with E-state index in [9.17, 15) is 4.79 Å². The van der Waals surface area contributed by atoms with Crippen molar-refractivity contribution in [3.05, 3.63) is 68.7 Å². The van der Waals surface area contributed by atoms with Crippen molar-refractivity contribution in [2.75, 3.05) is 25.0 Å². The van der Waals surface area contributed by atoms with Crippen molar-refractivity contribution < 1.29 is 0 Å². The van der Waals surface area contributed by atoms with Gasteiger partial charge in [-0.2, -0.15) is 0 Å². The largest absolute Gasteiger partial charge is 0.340 e. The molecule has 0 aliphatic carbocycles. The number of benzene rings is 2. The van der Waals surface area contributed by atoms with Crippen molar-refractivity contribution in [2.45, 2.75) is 59.2 Å². The monoisotopic (exact) mass is 542 g/mol. The van der Waals surface area contributed by atoms with E-state index in [1.165, 1.54) is 0 Å². The number of aryl methyl sites for hydroxylation is 2. The highest BCUT2D eigenvalue weighted by Crippen LogP contribution is 2.22. The predicted molar refractivity (Wildman–Crippen MR) is 155 cm³/mol. The quantitative estimate of drug-likeness (QED) is 0.307. The number of aromatic nitrogens is 2. The van der Waals surface area contributed by atoms with Crippen LogP contribution in [0.5, 0.6) is 0 Å². The van der Waals surface area contributed by atoms with Crippen LogP contribution in [0.15, 0.2) is 52.5 Å². The SMILES string of the molecule is CC(C)CC/N=C(/Nc1ccc2c(=O)n(CCc3ccc(Cl)cc3Cl)cnc2c1)N1C[C@@H](C)N[C@@H](C)C1. The average molecular weight is 544 g/mol. The van der Waals surface area contributed by atoms with E-state index in [0.29, 0.717) is 51.9 Å². The normalized spacial score (nSPS) is 18.6. The molecule has 198 valence electrons. The lowest BCUT2D eigenvalue weighted by Crippen LogP contribution is -2.57. The van der Waals surface area contributed by atoms with Gasteiger partial charge in [0.25, 0.3) is 5.56 Å². The molecule has 2 N–H and O–H groups in total. The molecule has 2 atom stereocenters. The van der Waals surface area contributed by atoms with Crippen molar-refractivity contribution in [1.29, 1.82) is 0 Å². The fourth-order valence-corrected chi connectivity index (χ4v) is 5.14. The summed E-state index contributed by atoms with van der Waals surface area (Å²) in [6.45, 7) is 11.8. The molecule has 0 radical (unpaired) electrons. The predicted octanol–water partition coefficient (Wildman–Crippen LogP) is 5.44. The highest BCUT2D eigenvalue weighted by atomic mass is 35.5. The molecule has 1 saturated heterocycles. The Bertz CT molecular complexity index is 1310. The van der Waals surface area contributed by atoms with Gasteiger partial charge in [0, 0.05) is 54.0 Å². The Morgan fingerprint density at radius 3 is 2.62 bits per heavy atom. The average Bonchev–Trinajstić information content (AvgIpc) is 2.83. The van der Waals surface area contributed by atoms with Gasteiger partial charge in [-0.15, -0.1) is 0 Å². The third-order valence-corrected chi connectivity index (χ3v) is 7.13. The number of piperazine rings is 1. The number of hydrogen-bond acceptors (Lipinski definition) is 4. The number of aliphatic imine (C=N–C) groups is 1. The molecule has 0 spiro atoms. The zero-order valence-corrected chi connectivity index (χ0v) is 23.5. The van der Waals surface area contributed by atoms with E-state index in [2.05, 4.69) is 48.2 Å². The molecule has 0 unspecified atom stereocenters. The first-order valence-electron chi connectivity index (χ1n) is 12.9. The highest BCUT2D eigenvalue weighted by Gasteiger charge is 2.24. The van der Waals surface area contributed by atoms with E-state index >= 15 is 0 Å². The second kappa shape index (κ2) is 12.3. The number of anilines is 1. The summed E-state index contributed by atoms with van der Waals surface area (Å²) in [4.78, 5) is 25.0. The molecule has 1 aromatic heterocycles. The summed E-state index contributed by atoms with van der Waals surface area (Å²) in [5, 5.41) is 8.88. The second-order valence-electron chi connectivity index (χ2n) is 10.3. The third-order valence-electron chi connectivity index (χ3n) is 6.54. The Morgan fingerprint density at radius 2 is 1.92 bits per heavy atom. The fraction of sp³-hybridized carbons (Fsp3) is 0.464. The van der Waals surface area contributed by atoms with Gasteiger partial charge in [-0.05, 0) is 68.5 Å². The number of nitrogens with zero attached hydrogens (tertiary/aromatic N) is 4. The van der Waals surface area contributed by atoms with Gasteiger partial charge in [0.1, 0.15) is 0 Å². The summed E-state index contributed by atoms with van der Waals surface area (Å²) in [5.41, 5.74) is 2.39. The smallest absolute Gasteiger partial charge is 0.261 e. The van der Waals surface area contributed by atoms with Crippen LogP contribution in [0.25, 0.3) is 10.9 Å². The van der Waals surface area contributed by atoms with Crippen LogP contribution in [-0.2, 0) is 13.0 Å². The van der Waals surface area contributed by atoms with Crippen molar-refractivity contribution in [2.24, 2.45) is 10.9 Å². The van der Waals surface area contributed by atoms with E-state index < -0.39 is 0 Å². The van der Waals surface area contributed by atoms with Gasteiger partial charge in [-0.3, -0.25) is 14.4 Å². The second-order valence-corrected chi connectivity index (χ2v) is 11.2. The van der Waals surface area contributed by atoms with Crippen molar-refractivity contribution in [1.82, 2.24) is 19.8 Å². The minimum atomic E-state index is -0.0720. The molecule has 2 heterocycles. The molecule has 4 rings (SSSR count). The Morgan fingerprint density at radius 1 is 1.16 bits per heavy atom. The molecule has 1 fully saturated rings. The Hall–Kier alpha value is -2.61. The van der Waals surface area contributed by atoms with Crippen LogP contribution in [0, 0.1) is 5.92 Å². The zero-order chi connectivity index (χ0) is 26.5. The lowest BCUT2D eigenvalue weighted by molar-refractivity contribution is 0.254. The standard InChI is InChI=1S/C28H36Cl2N6O/c1-18(2)9-11-31-28(36-15-19(3)33-20(4)16-36)34-23-7-8-24-26(14-23)32-17-35(27(24)37)12-10-21-5-6-22(29)13-25(21)30/h5-8,13-14,17-20,33H,9-12,15-16H2,1-4H3,(H,31,34)/t19-,20+. The number of halogens is 2. The summed E-state index contributed by atoms with van der Waals surface area (Å²) in [5.74, 6) is 1.46. The molecule has 2 aromatic carbocycles. The third kappa shape index (κ3) is 7.24. The first-order valence-corrected chi connectivity index (χ1v) is 13.7. The molecule has 0 saturated carbocycles. The van der Waals surface area contributed by atoms with Gasteiger partial charge in [-0.1, -0.05) is 43.1 Å². The Balaban J connectivity index is 1.53. The number of hydrogen-bond donors (Lipinski definition) is 2. The molecule has 0 amide bonds. The topological polar surface area (TPSA) is 74.5 Å². The lowest BCUT2D eigenvalue weighted by atomic mass is 10.1. The first kappa shape index (κ1) is 27.4. The maximum Gasteiger partial charge on any atom is 0.261 e. The summed E-state index contributed by atoms with van der Waals surface area (Å²) in [6, 6.07) is 11.9. The van der Waals surface area contributed by atoms with E-state index in [4.69, 9.17) is 28.2 Å². The summed E-state index contributed by atoms with van der Waals surface area (Å²) in [7, 11) is 0. The van der Waals surface area contributed by atoms with Gasteiger partial charge in [0.2, 0.25) is 0 Å². The molecule has 9 heteroatoms. The number of rotatable bonds is 7. The van der Waals surface area contributed by atoms with Crippen molar-refractivity contribution in [3.8, 4) is 0 Å². The maximum absolute atomic E-state index is 13.2. The first-order chi connectivity index (χ1) is 17.7. The maximum atomic E-state index is 13.2. The Labute approximate surface area is 228 Å². The number of nitrogens with one attached hydrogen (secondary N) is 2. The molecule has 37 heavy (non-hydrogen) atoms. The molecular weight excluding hydrogens is 507 g/mol. The minimum Gasteiger partial charge on any atom is -0.340 e. The summed E-state index contributed by atoms with van der Waals surface area (Å²) >= 11 is 12.3. The van der Waals surface area contributed by atoms with Gasteiger partial charge in [-0.25, -0.2) is 4.98 Å². The molecule has 7 nitrogen and oxygen atoms in total.